The molecule has 1 N–H and O–H groups in total. The number of methoxy groups -OCH3 is 1. The van der Waals surface area contributed by atoms with Crippen molar-refractivity contribution in [2.45, 2.75) is 45.4 Å². The van der Waals surface area contributed by atoms with E-state index in [1.165, 1.54) is 7.11 Å². The topological polar surface area (TPSA) is 63.6 Å². The maximum absolute atomic E-state index is 11.5. The maximum Gasteiger partial charge on any atom is 0.309 e. The fourth-order valence-electron chi connectivity index (χ4n) is 2.59. The molecule has 1 fully saturated rings. The minimum atomic E-state index is -0.757. The van der Waals surface area contributed by atoms with Gasteiger partial charge in [-0.2, -0.15) is 0 Å². The van der Waals surface area contributed by atoms with Crippen LogP contribution in [0.4, 0.5) is 0 Å². The van der Waals surface area contributed by atoms with Gasteiger partial charge in [-0.15, -0.1) is 0 Å². The SMILES string of the molecule is CCC(CC1(C(=O)O)CCCC1)C(=O)OC. The zero-order chi connectivity index (χ0) is 12.2. The summed E-state index contributed by atoms with van der Waals surface area (Å²) in [6.45, 7) is 1.89. The van der Waals surface area contributed by atoms with Gasteiger partial charge in [-0.3, -0.25) is 9.59 Å². The van der Waals surface area contributed by atoms with Crippen LogP contribution in [0.15, 0.2) is 0 Å². The molecule has 1 unspecified atom stereocenters. The first kappa shape index (κ1) is 13.0. The largest absolute Gasteiger partial charge is 0.481 e. The molecular formula is C12H20O4. The average Bonchev–Trinajstić information content (AvgIpc) is 2.74. The van der Waals surface area contributed by atoms with E-state index < -0.39 is 11.4 Å². The fraction of sp³-hybridized carbons (Fsp3) is 0.833. The zero-order valence-corrected chi connectivity index (χ0v) is 9.99. The van der Waals surface area contributed by atoms with E-state index in [-0.39, 0.29) is 11.9 Å². The molecule has 0 heterocycles. The van der Waals surface area contributed by atoms with Crippen LogP contribution < -0.4 is 0 Å². The van der Waals surface area contributed by atoms with Crippen LogP contribution in [-0.2, 0) is 14.3 Å². The third-order valence-corrected chi connectivity index (χ3v) is 3.68. The van der Waals surface area contributed by atoms with Gasteiger partial charge in [0.1, 0.15) is 0 Å². The number of carboxylic acids is 1. The molecule has 1 saturated carbocycles. The Balaban J connectivity index is 2.74. The van der Waals surface area contributed by atoms with Crippen LogP contribution in [0.3, 0.4) is 0 Å². The summed E-state index contributed by atoms with van der Waals surface area (Å²) in [5.41, 5.74) is -0.686. The van der Waals surface area contributed by atoms with Crippen LogP contribution >= 0.6 is 0 Å². The molecule has 0 aliphatic heterocycles. The Kier molecular flexibility index (Phi) is 4.33. The van der Waals surface area contributed by atoms with Gasteiger partial charge in [0.25, 0.3) is 0 Å². The molecule has 16 heavy (non-hydrogen) atoms. The molecule has 1 rings (SSSR count). The van der Waals surface area contributed by atoms with Gasteiger partial charge in [-0.25, -0.2) is 0 Å². The number of aliphatic carboxylic acids is 1. The molecule has 4 nitrogen and oxygen atoms in total. The molecule has 92 valence electrons. The van der Waals surface area contributed by atoms with Crippen molar-refractivity contribution < 1.29 is 19.4 Å². The predicted octanol–water partition coefficient (Wildman–Crippen LogP) is 2.22. The third kappa shape index (κ3) is 2.54. The highest BCUT2D eigenvalue weighted by molar-refractivity contribution is 5.77. The minimum Gasteiger partial charge on any atom is -0.481 e. The van der Waals surface area contributed by atoms with E-state index in [1.807, 2.05) is 6.92 Å². The highest BCUT2D eigenvalue weighted by atomic mass is 16.5. The molecule has 0 aromatic heterocycles. The second-order valence-corrected chi connectivity index (χ2v) is 4.63. The van der Waals surface area contributed by atoms with Crippen molar-refractivity contribution in [3.63, 3.8) is 0 Å². The lowest BCUT2D eigenvalue weighted by molar-refractivity contribution is -0.153. The zero-order valence-electron chi connectivity index (χ0n) is 9.99. The predicted molar refractivity (Wildman–Crippen MR) is 59.0 cm³/mol. The van der Waals surface area contributed by atoms with Crippen molar-refractivity contribution >= 4 is 11.9 Å². The van der Waals surface area contributed by atoms with E-state index in [0.29, 0.717) is 25.7 Å². The van der Waals surface area contributed by atoms with Crippen LogP contribution in [0, 0.1) is 11.3 Å². The molecule has 0 bridgehead atoms. The molecule has 0 aromatic carbocycles. The molecule has 1 aliphatic carbocycles. The highest BCUT2D eigenvalue weighted by Crippen LogP contribution is 2.44. The van der Waals surface area contributed by atoms with Gasteiger partial charge in [0, 0.05) is 0 Å². The lowest BCUT2D eigenvalue weighted by Gasteiger charge is -2.27. The summed E-state index contributed by atoms with van der Waals surface area (Å²) in [6.07, 6.45) is 4.34. The first-order valence-electron chi connectivity index (χ1n) is 5.87. The van der Waals surface area contributed by atoms with E-state index in [2.05, 4.69) is 0 Å². The van der Waals surface area contributed by atoms with Crippen LogP contribution in [-0.4, -0.2) is 24.2 Å². The molecule has 0 saturated heterocycles. The van der Waals surface area contributed by atoms with Crippen LogP contribution in [0.2, 0.25) is 0 Å². The first-order valence-corrected chi connectivity index (χ1v) is 5.87. The van der Waals surface area contributed by atoms with Gasteiger partial charge >= 0.3 is 11.9 Å². The van der Waals surface area contributed by atoms with E-state index in [4.69, 9.17) is 4.74 Å². The molecule has 4 heteroatoms. The summed E-state index contributed by atoms with van der Waals surface area (Å²) in [5.74, 6) is -1.32. The Labute approximate surface area is 96.0 Å². The van der Waals surface area contributed by atoms with E-state index in [1.54, 1.807) is 0 Å². The monoisotopic (exact) mass is 228 g/mol. The van der Waals surface area contributed by atoms with Crippen molar-refractivity contribution in [1.29, 1.82) is 0 Å². The molecule has 1 atom stereocenters. The van der Waals surface area contributed by atoms with Crippen molar-refractivity contribution in [1.82, 2.24) is 0 Å². The quantitative estimate of drug-likeness (QED) is 0.733. The van der Waals surface area contributed by atoms with Crippen LogP contribution in [0.25, 0.3) is 0 Å². The molecule has 0 aromatic rings. The fourth-order valence-corrected chi connectivity index (χ4v) is 2.59. The number of ether oxygens (including phenoxy) is 1. The standard InChI is InChI=1S/C12H20O4/c1-3-9(10(13)16-2)8-12(11(14)15)6-4-5-7-12/h9H,3-8H2,1-2H3,(H,14,15). The number of carbonyl (C=O) groups excluding carboxylic acids is 1. The highest BCUT2D eigenvalue weighted by Gasteiger charge is 2.43. The van der Waals surface area contributed by atoms with E-state index in [9.17, 15) is 14.7 Å². The summed E-state index contributed by atoms with van der Waals surface area (Å²) < 4.78 is 4.71. The number of esters is 1. The maximum atomic E-state index is 11.5. The Hall–Kier alpha value is -1.06. The molecule has 0 spiro atoms. The van der Waals surface area contributed by atoms with Gasteiger partial charge in [-0.1, -0.05) is 19.8 Å². The van der Waals surface area contributed by atoms with Crippen molar-refractivity contribution in [2.75, 3.05) is 7.11 Å². The van der Waals surface area contributed by atoms with Crippen molar-refractivity contribution in [3.8, 4) is 0 Å². The summed E-state index contributed by atoms with van der Waals surface area (Å²) in [4.78, 5) is 22.8. The molecule has 1 aliphatic rings. The van der Waals surface area contributed by atoms with Crippen molar-refractivity contribution in [3.05, 3.63) is 0 Å². The number of hydrogen-bond donors (Lipinski definition) is 1. The second kappa shape index (κ2) is 5.32. The Morgan fingerprint density at radius 1 is 1.38 bits per heavy atom. The lowest BCUT2D eigenvalue weighted by atomic mass is 9.77. The Bertz CT molecular complexity index is 266. The average molecular weight is 228 g/mol. The minimum absolute atomic E-state index is 0.279. The van der Waals surface area contributed by atoms with Gasteiger partial charge in [0.05, 0.1) is 18.4 Å². The summed E-state index contributed by atoms with van der Waals surface area (Å²) in [5, 5.41) is 9.31. The Morgan fingerprint density at radius 2 is 1.94 bits per heavy atom. The van der Waals surface area contributed by atoms with E-state index >= 15 is 0 Å². The number of carboxylic acid groups (broad SMARTS) is 1. The van der Waals surface area contributed by atoms with Gasteiger partial charge in [-0.05, 0) is 25.7 Å². The van der Waals surface area contributed by atoms with Crippen LogP contribution in [0.1, 0.15) is 45.4 Å². The van der Waals surface area contributed by atoms with Gasteiger partial charge < -0.3 is 9.84 Å². The lowest BCUT2D eigenvalue weighted by Crippen LogP contribution is -2.33. The molecular weight excluding hydrogens is 208 g/mol. The van der Waals surface area contributed by atoms with Crippen molar-refractivity contribution in [2.24, 2.45) is 11.3 Å². The summed E-state index contributed by atoms with van der Waals surface area (Å²) in [7, 11) is 1.35. The first-order chi connectivity index (χ1) is 7.55. The summed E-state index contributed by atoms with van der Waals surface area (Å²) in [6, 6.07) is 0. The van der Waals surface area contributed by atoms with Gasteiger partial charge in [0.2, 0.25) is 0 Å². The number of carbonyl (C=O) groups is 2. The molecule has 0 radical (unpaired) electrons. The number of hydrogen-bond acceptors (Lipinski definition) is 3. The number of rotatable bonds is 5. The molecule has 0 amide bonds. The Morgan fingerprint density at radius 3 is 2.31 bits per heavy atom. The normalized spacial score (nSPS) is 20.4. The van der Waals surface area contributed by atoms with Crippen LogP contribution in [0.5, 0.6) is 0 Å². The van der Waals surface area contributed by atoms with E-state index in [0.717, 1.165) is 12.8 Å². The van der Waals surface area contributed by atoms with Gasteiger partial charge in [0.15, 0.2) is 0 Å². The second-order valence-electron chi connectivity index (χ2n) is 4.63. The summed E-state index contributed by atoms with van der Waals surface area (Å²) >= 11 is 0. The third-order valence-electron chi connectivity index (χ3n) is 3.68. The smallest absolute Gasteiger partial charge is 0.309 e.